The van der Waals surface area contributed by atoms with Crippen LogP contribution in [0.3, 0.4) is 0 Å². The number of carbonyl (C=O) groups excluding carboxylic acids is 1. The first kappa shape index (κ1) is 25.2. The van der Waals surface area contributed by atoms with Crippen LogP contribution in [-0.4, -0.2) is 37.9 Å². The zero-order valence-electron chi connectivity index (χ0n) is 20.6. The summed E-state index contributed by atoms with van der Waals surface area (Å²) in [7, 11) is -3.65. The van der Waals surface area contributed by atoms with Gasteiger partial charge in [-0.2, -0.15) is 5.10 Å². The maximum Gasteiger partial charge on any atom is 0.260 e. The summed E-state index contributed by atoms with van der Waals surface area (Å²) < 4.78 is 28.1. The van der Waals surface area contributed by atoms with Crippen molar-refractivity contribution in [2.45, 2.75) is 41.0 Å². The first-order valence-corrected chi connectivity index (χ1v) is 13.0. The van der Waals surface area contributed by atoms with E-state index in [4.69, 9.17) is 0 Å². The van der Waals surface area contributed by atoms with Crippen LogP contribution in [0.5, 0.6) is 0 Å². The van der Waals surface area contributed by atoms with E-state index in [1.54, 1.807) is 18.3 Å². The fraction of sp³-hybridized carbons (Fsp3) is 0.308. The Kier molecular flexibility index (Phi) is 7.61. The second kappa shape index (κ2) is 10.3. The van der Waals surface area contributed by atoms with Crippen LogP contribution in [0.15, 0.2) is 53.6 Å². The number of rotatable bonds is 8. The molecule has 0 aliphatic heterocycles. The third-order valence-electron chi connectivity index (χ3n) is 5.79. The van der Waals surface area contributed by atoms with E-state index < -0.39 is 15.9 Å². The second-order valence-corrected chi connectivity index (χ2v) is 10.4. The predicted molar refractivity (Wildman–Crippen MR) is 138 cm³/mol. The van der Waals surface area contributed by atoms with Crippen LogP contribution in [0.25, 0.3) is 5.69 Å². The maximum atomic E-state index is 12.6. The third kappa shape index (κ3) is 5.56. The minimum atomic E-state index is -3.65. The van der Waals surface area contributed by atoms with Crippen molar-refractivity contribution in [3.63, 3.8) is 0 Å². The first-order chi connectivity index (χ1) is 16.0. The Morgan fingerprint density at radius 1 is 1.09 bits per heavy atom. The molecule has 1 aromatic heterocycles. The Labute approximate surface area is 202 Å². The van der Waals surface area contributed by atoms with Crippen LogP contribution in [-0.2, 0) is 21.2 Å². The molecule has 0 aliphatic rings. The van der Waals surface area contributed by atoms with Gasteiger partial charge in [0, 0.05) is 22.6 Å². The highest BCUT2D eigenvalue weighted by atomic mass is 32.2. The Balaban J connectivity index is 1.78. The number of amides is 1. The van der Waals surface area contributed by atoms with Gasteiger partial charge in [-0.1, -0.05) is 42.8 Å². The number of nitrogens with one attached hydrogen (secondary N) is 1. The molecule has 3 aromatic rings. The van der Waals surface area contributed by atoms with Crippen molar-refractivity contribution < 1.29 is 13.2 Å². The Morgan fingerprint density at radius 2 is 1.79 bits per heavy atom. The molecule has 3 rings (SSSR count). The van der Waals surface area contributed by atoms with Gasteiger partial charge in [0.15, 0.2) is 0 Å². The standard InChI is InChI=1S/C26H32N4O3S/c1-7-22-10-8-9-11-25(22)29(34(6,32)33)17-26(31)28-27-16-23-15-20(4)30(21(23)5)24-13-12-18(2)14-19(24)3/h8-16H,7,17H2,1-6H3,(H,28,31)/b27-16-. The summed E-state index contributed by atoms with van der Waals surface area (Å²) in [5.74, 6) is -0.518. The van der Waals surface area contributed by atoms with E-state index in [1.165, 1.54) is 11.1 Å². The van der Waals surface area contributed by atoms with Crippen molar-refractivity contribution in [3.8, 4) is 5.69 Å². The van der Waals surface area contributed by atoms with Crippen molar-refractivity contribution in [1.82, 2.24) is 9.99 Å². The summed E-state index contributed by atoms with van der Waals surface area (Å²) in [6, 6.07) is 15.5. The van der Waals surface area contributed by atoms with Gasteiger partial charge in [0.1, 0.15) is 6.54 Å². The van der Waals surface area contributed by atoms with Crippen molar-refractivity contribution in [1.29, 1.82) is 0 Å². The minimum Gasteiger partial charge on any atom is -0.318 e. The lowest BCUT2D eigenvalue weighted by molar-refractivity contribution is -0.119. The summed E-state index contributed by atoms with van der Waals surface area (Å²) in [5, 5.41) is 4.10. The second-order valence-electron chi connectivity index (χ2n) is 8.50. The van der Waals surface area contributed by atoms with Gasteiger partial charge >= 0.3 is 0 Å². The lowest BCUT2D eigenvalue weighted by atomic mass is 10.1. The molecule has 34 heavy (non-hydrogen) atoms. The molecule has 0 fully saturated rings. The SMILES string of the molecule is CCc1ccccc1N(CC(=O)N/N=C\c1cc(C)n(-c2ccc(C)cc2C)c1C)S(C)(=O)=O. The summed E-state index contributed by atoms with van der Waals surface area (Å²) in [4.78, 5) is 12.6. The smallest absolute Gasteiger partial charge is 0.260 e. The van der Waals surface area contributed by atoms with Crippen LogP contribution in [0.1, 0.15) is 40.6 Å². The molecule has 0 radical (unpaired) electrons. The van der Waals surface area contributed by atoms with E-state index in [0.717, 1.165) is 38.8 Å². The van der Waals surface area contributed by atoms with Crippen molar-refractivity contribution >= 4 is 27.8 Å². The molecule has 8 heteroatoms. The number of sulfonamides is 1. The summed E-state index contributed by atoms with van der Waals surface area (Å²) in [6.45, 7) is 9.77. The highest BCUT2D eigenvalue weighted by Gasteiger charge is 2.22. The fourth-order valence-electron chi connectivity index (χ4n) is 4.12. The largest absolute Gasteiger partial charge is 0.318 e. The van der Waals surface area contributed by atoms with E-state index in [2.05, 4.69) is 47.1 Å². The predicted octanol–water partition coefficient (Wildman–Crippen LogP) is 4.19. The molecule has 1 heterocycles. The number of aryl methyl sites for hydroxylation is 4. The number of benzene rings is 2. The quantitative estimate of drug-likeness (QED) is 0.388. The zero-order valence-corrected chi connectivity index (χ0v) is 21.4. The molecule has 0 unspecified atom stereocenters. The molecule has 0 spiro atoms. The van der Waals surface area contributed by atoms with Crippen LogP contribution in [0, 0.1) is 27.7 Å². The highest BCUT2D eigenvalue weighted by molar-refractivity contribution is 7.92. The molecule has 1 amide bonds. The molecule has 0 bridgehead atoms. The molecule has 180 valence electrons. The van der Waals surface area contributed by atoms with E-state index in [9.17, 15) is 13.2 Å². The van der Waals surface area contributed by atoms with Crippen LogP contribution in [0.2, 0.25) is 0 Å². The van der Waals surface area contributed by atoms with Crippen molar-refractivity contribution in [2.24, 2.45) is 5.10 Å². The third-order valence-corrected chi connectivity index (χ3v) is 6.91. The topological polar surface area (TPSA) is 83.8 Å². The minimum absolute atomic E-state index is 0.352. The first-order valence-electron chi connectivity index (χ1n) is 11.2. The normalized spacial score (nSPS) is 11.7. The van der Waals surface area contributed by atoms with Gasteiger partial charge in [-0.3, -0.25) is 9.10 Å². The van der Waals surface area contributed by atoms with Gasteiger partial charge < -0.3 is 4.57 Å². The molecular formula is C26H32N4O3S. The molecule has 0 aliphatic carbocycles. The Morgan fingerprint density at radius 3 is 2.44 bits per heavy atom. The van der Waals surface area contributed by atoms with Gasteiger partial charge in [-0.15, -0.1) is 0 Å². The van der Waals surface area contributed by atoms with Gasteiger partial charge in [-0.05, 0) is 63.4 Å². The van der Waals surface area contributed by atoms with Crippen molar-refractivity contribution in [3.05, 3.63) is 82.2 Å². The number of hydrogen-bond acceptors (Lipinski definition) is 4. The maximum absolute atomic E-state index is 12.6. The van der Waals surface area contributed by atoms with Crippen molar-refractivity contribution in [2.75, 3.05) is 17.1 Å². The zero-order chi connectivity index (χ0) is 25.0. The Bertz CT molecular complexity index is 1340. The summed E-state index contributed by atoms with van der Waals surface area (Å²) in [6.07, 6.45) is 3.33. The van der Waals surface area contributed by atoms with Crippen LogP contribution in [0.4, 0.5) is 5.69 Å². The molecule has 0 atom stereocenters. The highest BCUT2D eigenvalue weighted by Crippen LogP contribution is 2.24. The number of hydrogen-bond donors (Lipinski definition) is 1. The number of nitrogens with zero attached hydrogens (tertiary/aromatic N) is 3. The number of carbonyl (C=O) groups is 1. The van der Waals surface area contributed by atoms with Crippen LogP contribution < -0.4 is 9.73 Å². The van der Waals surface area contributed by atoms with E-state index in [-0.39, 0.29) is 6.54 Å². The molecule has 1 N–H and O–H groups in total. The number of aromatic nitrogens is 1. The molecule has 7 nitrogen and oxygen atoms in total. The number of hydrazone groups is 1. The monoisotopic (exact) mass is 480 g/mol. The molecule has 2 aromatic carbocycles. The number of anilines is 1. The lowest BCUT2D eigenvalue weighted by Gasteiger charge is -2.23. The van der Waals surface area contributed by atoms with Gasteiger partial charge in [0.25, 0.3) is 5.91 Å². The average molecular weight is 481 g/mol. The molecule has 0 saturated heterocycles. The fourth-order valence-corrected chi connectivity index (χ4v) is 5.01. The lowest BCUT2D eigenvalue weighted by Crippen LogP contribution is -2.39. The summed E-state index contributed by atoms with van der Waals surface area (Å²) >= 11 is 0. The van der Waals surface area contributed by atoms with Gasteiger partial charge in [0.2, 0.25) is 10.0 Å². The van der Waals surface area contributed by atoms with E-state index >= 15 is 0 Å². The number of para-hydroxylation sites is 1. The Hall–Kier alpha value is -3.39. The van der Waals surface area contributed by atoms with Gasteiger partial charge in [-0.25, -0.2) is 13.8 Å². The van der Waals surface area contributed by atoms with Gasteiger partial charge in [0.05, 0.1) is 18.2 Å². The average Bonchev–Trinajstić information content (AvgIpc) is 3.04. The van der Waals surface area contributed by atoms with E-state index in [0.29, 0.717) is 12.1 Å². The summed E-state index contributed by atoms with van der Waals surface area (Å²) in [5.41, 5.74) is 10.2. The van der Waals surface area contributed by atoms with Crippen LogP contribution >= 0.6 is 0 Å². The van der Waals surface area contributed by atoms with E-state index in [1.807, 2.05) is 39.0 Å². The molecule has 0 saturated carbocycles. The molecular weight excluding hydrogens is 448 g/mol.